The average molecular weight is 202 g/mol. The molecule has 0 bridgehead atoms. The molecule has 0 fully saturated rings. The summed E-state index contributed by atoms with van der Waals surface area (Å²) in [4.78, 5) is 0. The molecule has 0 saturated carbocycles. The lowest BCUT2D eigenvalue weighted by molar-refractivity contribution is 0.566. The maximum Gasteiger partial charge on any atom is 0.134 e. The highest BCUT2D eigenvalue weighted by Gasteiger charge is 2.09. The van der Waals surface area contributed by atoms with Crippen molar-refractivity contribution in [3.63, 3.8) is 0 Å². The SMILES string of the molecule is CCCCCCc1ccc2occcc1-2. The summed E-state index contributed by atoms with van der Waals surface area (Å²) in [6.45, 7) is 2.25. The predicted octanol–water partition coefficient (Wildman–Crippen LogP) is 4.51. The predicted molar refractivity (Wildman–Crippen MR) is 63.2 cm³/mol. The molecule has 1 heterocycles. The van der Waals surface area contributed by atoms with E-state index in [9.17, 15) is 0 Å². The Labute approximate surface area is 91.5 Å². The first-order chi connectivity index (χ1) is 7.42. The van der Waals surface area contributed by atoms with Gasteiger partial charge in [-0.15, -0.1) is 0 Å². The Morgan fingerprint density at radius 1 is 1.07 bits per heavy atom. The maximum absolute atomic E-state index is 5.42. The quantitative estimate of drug-likeness (QED) is 0.650. The van der Waals surface area contributed by atoms with Crippen LogP contribution >= 0.6 is 0 Å². The summed E-state index contributed by atoms with van der Waals surface area (Å²) >= 11 is 0. The van der Waals surface area contributed by atoms with Gasteiger partial charge in [-0.3, -0.25) is 0 Å². The highest BCUT2D eigenvalue weighted by atomic mass is 16.3. The van der Waals surface area contributed by atoms with E-state index >= 15 is 0 Å². The zero-order valence-electron chi connectivity index (χ0n) is 9.33. The molecule has 0 aromatic heterocycles. The monoisotopic (exact) mass is 202 g/mol. The van der Waals surface area contributed by atoms with Gasteiger partial charge < -0.3 is 4.42 Å². The molecule has 0 aromatic rings. The summed E-state index contributed by atoms with van der Waals surface area (Å²) in [6, 6.07) is 8.39. The summed E-state index contributed by atoms with van der Waals surface area (Å²) in [7, 11) is 0. The van der Waals surface area contributed by atoms with Crippen LogP contribution in [-0.2, 0) is 6.42 Å². The zero-order valence-corrected chi connectivity index (χ0v) is 9.33. The van der Waals surface area contributed by atoms with Crippen molar-refractivity contribution in [2.75, 3.05) is 0 Å². The summed E-state index contributed by atoms with van der Waals surface area (Å²) < 4.78 is 5.42. The fraction of sp³-hybridized carbons (Fsp3) is 0.429. The third kappa shape index (κ3) is 2.41. The Balaban J connectivity index is 1.97. The molecule has 0 radical (unpaired) electrons. The van der Waals surface area contributed by atoms with Crippen LogP contribution < -0.4 is 0 Å². The normalized spacial score (nSPS) is 11.0. The average Bonchev–Trinajstić information content (AvgIpc) is 2.68. The molecule has 1 heteroatoms. The number of fused-ring (bicyclic) bond motifs is 1. The van der Waals surface area contributed by atoms with Gasteiger partial charge in [0.15, 0.2) is 0 Å². The molecule has 0 atom stereocenters. The van der Waals surface area contributed by atoms with E-state index in [1.54, 1.807) is 6.26 Å². The summed E-state index contributed by atoms with van der Waals surface area (Å²) in [5.74, 6) is 1.02. The lowest BCUT2D eigenvalue weighted by atomic mass is 10.0. The molecule has 0 saturated heterocycles. The van der Waals surface area contributed by atoms with Crippen molar-refractivity contribution >= 4 is 0 Å². The molecule has 1 aliphatic carbocycles. The lowest BCUT2D eigenvalue weighted by Crippen LogP contribution is -1.85. The second kappa shape index (κ2) is 5.01. The number of rotatable bonds is 5. The van der Waals surface area contributed by atoms with Crippen LogP contribution in [0.4, 0.5) is 0 Å². The van der Waals surface area contributed by atoms with Gasteiger partial charge in [0.2, 0.25) is 0 Å². The third-order valence-corrected chi connectivity index (χ3v) is 2.88. The molecule has 2 rings (SSSR count). The van der Waals surface area contributed by atoms with E-state index in [4.69, 9.17) is 4.42 Å². The highest BCUT2D eigenvalue weighted by molar-refractivity contribution is 5.65. The minimum atomic E-state index is 1.02. The van der Waals surface area contributed by atoms with Crippen molar-refractivity contribution < 1.29 is 4.42 Å². The van der Waals surface area contributed by atoms with Crippen molar-refractivity contribution in [1.29, 1.82) is 0 Å². The molecule has 15 heavy (non-hydrogen) atoms. The first-order valence-electron chi connectivity index (χ1n) is 5.87. The molecule has 80 valence electrons. The Hall–Kier alpha value is -1.24. The van der Waals surface area contributed by atoms with Crippen LogP contribution in [-0.4, -0.2) is 0 Å². The van der Waals surface area contributed by atoms with E-state index in [2.05, 4.69) is 25.1 Å². The fourth-order valence-corrected chi connectivity index (χ4v) is 2.01. The van der Waals surface area contributed by atoms with E-state index in [0.29, 0.717) is 0 Å². The van der Waals surface area contributed by atoms with Crippen LogP contribution in [0.25, 0.3) is 11.3 Å². The first kappa shape index (κ1) is 10.3. The van der Waals surface area contributed by atoms with Crippen molar-refractivity contribution in [1.82, 2.24) is 0 Å². The molecule has 0 unspecified atom stereocenters. The summed E-state index contributed by atoms with van der Waals surface area (Å²) in [6.07, 6.45) is 8.21. The van der Waals surface area contributed by atoms with Crippen LogP contribution in [0, 0.1) is 0 Å². The van der Waals surface area contributed by atoms with Gasteiger partial charge in [-0.25, -0.2) is 0 Å². The van der Waals surface area contributed by atoms with Gasteiger partial charge in [-0.1, -0.05) is 32.3 Å². The highest BCUT2D eigenvalue weighted by Crippen LogP contribution is 2.28. The molecular weight excluding hydrogens is 184 g/mol. The smallest absolute Gasteiger partial charge is 0.134 e. The molecule has 0 amide bonds. The zero-order chi connectivity index (χ0) is 10.5. The second-order valence-electron chi connectivity index (χ2n) is 4.06. The van der Waals surface area contributed by atoms with E-state index < -0.39 is 0 Å². The Kier molecular flexibility index (Phi) is 3.44. The second-order valence-corrected chi connectivity index (χ2v) is 4.06. The van der Waals surface area contributed by atoms with Gasteiger partial charge in [0.1, 0.15) is 5.76 Å². The first-order valence-corrected chi connectivity index (χ1v) is 5.87. The van der Waals surface area contributed by atoms with Gasteiger partial charge in [-0.2, -0.15) is 0 Å². The summed E-state index contributed by atoms with van der Waals surface area (Å²) in [5.41, 5.74) is 2.72. The molecule has 0 N–H and O–H groups in total. The van der Waals surface area contributed by atoms with Gasteiger partial charge in [0, 0.05) is 5.56 Å². The Morgan fingerprint density at radius 3 is 2.87 bits per heavy atom. The molecule has 2 aliphatic rings. The standard InChI is InChI=1S/C14H18O/c1-2-3-4-5-7-12-9-10-14-13(12)8-6-11-15-14/h6,8-11H,2-5,7H2,1H3. The molecular formula is C14H18O. The Morgan fingerprint density at radius 2 is 2.00 bits per heavy atom. The van der Waals surface area contributed by atoms with Crippen molar-refractivity contribution in [2.24, 2.45) is 0 Å². The van der Waals surface area contributed by atoms with Gasteiger partial charge in [-0.05, 0) is 36.6 Å². The van der Waals surface area contributed by atoms with E-state index in [-0.39, 0.29) is 0 Å². The van der Waals surface area contributed by atoms with Crippen LogP contribution in [0.5, 0.6) is 0 Å². The van der Waals surface area contributed by atoms with Crippen molar-refractivity contribution in [3.8, 4) is 11.3 Å². The van der Waals surface area contributed by atoms with Crippen molar-refractivity contribution in [3.05, 3.63) is 36.1 Å². The fourth-order valence-electron chi connectivity index (χ4n) is 2.01. The van der Waals surface area contributed by atoms with Crippen LogP contribution in [0.1, 0.15) is 38.2 Å². The van der Waals surface area contributed by atoms with Gasteiger partial charge >= 0.3 is 0 Å². The molecule has 1 nitrogen and oxygen atoms in total. The van der Waals surface area contributed by atoms with Crippen LogP contribution in [0.2, 0.25) is 0 Å². The largest absolute Gasteiger partial charge is 0.464 e. The number of hydrogen-bond acceptors (Lipinski definition) is 1. The third-order valence-electron chi connectivity index (χ3n) is 2.88. The molecule has 0 spiro atoms. The lowest BCUT2D eigenvalue weighted by Gasteiger charge is -2.02. The van der Waals surface area contributed by atoms with E-state index in [1.807, 2.05) is 6.07 Å². The van der Waals surface area contributed by atoms with E-state index in [0.717, 1.165) is 5.76 Å². The van der Waals surface area contributed by atoms with Crippen molar-refractivity contribution in [2.45, 2.75) is 39.0 Å². The number of unbranched alkanes of at least 4 members (excludes halogenated alkanes) is 3. The number of hydrogen-bond donors (Lipinski definition) is 0. The summed E-state index contributed by atoms with van der Waals surface area (Å²) in [5, 5.41) is 0. The van der Waals surface area contributed by atoms with Gasteiger partial charge in [0.25, 0.3) is 0 Å². The number of aryl methyl sites for hydroxylation is 1. The minimum Gasteiger partial charge on any atom is -0.464 e. The maximum atomic E-state index is 5.42. The van der Waals surface area contributed by atoms with Gasteiger partial charge in [0.05, 0.1) is 6.26 Å². The van der Waals surface area contributed by atoms with Crippen LogP contribution in [0.15, 0.2) is 34.9 Å². The van der Waals surface area contributed by atoms with E-state index in [1.165, 1.54) is 43.2 Å². The molecule has 0 aromatic carbocycles. The minimum absolute atomic E-state index is 1.02. The Bertz CT molecular complexity index is 375. The topological polar surface area (TPSA) is 13.1 Å². The van der Waals surface area contributed by atoms with Crippen LogP contribution in [0.3, 0.4) is 0 Å². The molecule has 1 aliphatic heterocycles.